The molecule has 0 aromatic carbocycles. The Morgan fingerprint density at radius 1 is 1.59 bits per heavy atom. The lowest BCUT2D eigenvalue weighted by molar-refractivity contribution is 0.0660. The zero-order valence-electron chi connectivity index (χ0n) is 10.3. The van der Waals surface area contributed by atoms with Crippen LogP contribution in [-0.2, 0) is 6.54 Å². The lowest BCUT2D eigenvalue weighted by Crippen LogP contribution is -2.26. The normalized spacial score (nSPS) is 22.8. The number of carboxylic acid groups (broad SMARTS) is 1. The van der Waals surface area contributed by atoms with E-state index in [9.17, 15) is 4.79 Å². The zero-order chi connectivity index (χ0) is 12.5. The quantitative estimate of drug-likeness (QED) is 0.845. The van der Waals surface area contributed by atoms with E-state index in [0.29, 0.717) is 23.8 Å². The first-order valence-corrected chi connectivity index (χ1v) is 6.02. The highest BCUT2D eigenvalue weighted by atomic mass is 16.4. The molecule has 2 N–H and O–H groups in total. The van der Waals surface area contributed by atoms with Crippen molar-refractivity contribution in [3.8, 4) is 0 Å². The molecule has 1 unspecified atom stereocenters. The Morgan fingerprint density at radius 2 is 2.35 bits per heavy atom. The van der Waals surface area contributed by atoms with Crippen LogP contribution in [0.2, 0.25) is 0 Å². The Morgan fingerprint density at radius 3 is 2.88 bits per heavy atom. The molecular weight excluding hydrogens is 218 g/mol. The highest BCUT2D eigenvalue weighted by Crippen LogP contribution is 2.36. The third kappa shape index (κ3) is 3.09. The fourth-order valence-electron chi connectivity index (χ4n) is 2.44. The van der Waals surface area contributed by atoms with Crippen LogP contribution in [0, 0.1) is 5.41 Å². The van der Waals surface area contributed by atoms with Gasteiger partial charge < -0.3 is 14.8 Å². The molecule has 1 saturated carbocycles. The standard InChI is InChI=1S/C13H19NO3/c1-13(2)6-5-9(7-13)14-8-10-3-4-11(17-10)12(15)16/h3-4,9,14H,5-8H2,1-2H3,(H,15,16). The molecule has 4 nitrogen and oxygen atoms in total. The van der Waals surface area contributed by atoms with Crippen LogP contribution < -0.4 is 5.32 Å². The molecule has 2 rings (SSSR count). The SMILES string of the molecule is CC1(C)CCC(NCc2ccc(C(=O)O)o2)C1. The number of aromatic carboxylic acids is 1. The maximum absolute atomic E-state index is 10.6. The average molecular weight is 237 g/mol. The summed E-state index contributed by atoms with van der Waals surface area (Å²) in [5.74, 6) is -0.320. The van der Waals surface area contributed by atoms with Crippen LogP contribution in [0.15, 0.2) is 16.5 Å². The summed E-state index contributed by atoms with van der Waals surface area (Å²) in [6.07, 6.45) is 3.59. The number of rotatable bonds is 4. The largest absolute Gasteiger partial charge is 0.475 e. The number of hydrogen-bond acceptors (Lipinski definition) is 3. The van der Waals surface area contributed by atoms with E-state index in [1.165, 1.54) is 25.3 Å². The van der Waals surface area contributed by atoms with Gasteiger partial charge in [-0.1, -0.05) is 13.8 Å². The number of furan rings is 1. The number of hydrogen-bond donors (Lipinski definition) is 2. The van der Waals surface area contributed by atoms with Crippen molar-refractivity contribution < 1.29 is 14.3 Å². The third-order valence-electron chi connectivity index (χ3n) is 3.41. The summed E-state index contributed by atoms with van der Waals surface area (Å²) in [6, 6.07) is 3.73. The first-order valence-electron chi connectivity index (χ1n) is 6.02. The van der Waals surface area contributed by atoms with Gasteiger partial charge in [0, 0.05) is 6.04 Å². The Bertz CT molecular complexity index is 409. The van der Waals surface area contributed by atoms with E-state index in [4.69, 9.17) is 9.52 Å². The van der Waals surface area contributed by atoms with Crippen molar-refractivity contribution >= 4 is 5.97 Å². The zero-order valence-corrected chi connectivity index (χ0v) is 10.3. The second-order valence-electron chi connectivity index (χ2n) is 5.56. The Hall–Kier alpha value is -1.29. The van der Waals surface area contributed by atoms with Crippen LogP contribution in [0.5, 0.6) is 0 Å². The summed E-state index contributed by atoms with van der Waals surface area (Å²) in [6.45, 7) is 5.17. The molecule has 0 amide bonds. The number of carboxylic acids is 1. The van der Waals surface area contributed by atoms with Gasteiger partial charge >= 0.3 is 5.97 Å². The summed E-state index contributed by atoms with van der Waals surface area (Å²) in [4.78, 5) is 10.6. The molecule has 94 valence electrons. The van der Waals surface area contributed by atoms with Crippen molar-refractivity contribution in [2.24, 2.45) is 5.41 Å². The first-order chi connectivity index (χ1) is 7.96. The van der Waals surface area contributed by atoms with Crippen molar-refractivity contribution in [1.29, 1.82) is 0 Å². The van der Waals surface area contributed by atoms with E-state index in [-0.39, 0.29) is 5.76 Å². The molecule has 1 fully saturated rings. The second-order valence-corrected chi connectivity index (χ2v) is 5.56. The van der Waals surface area contributed by atoms with Crippen molar-refractivity contribution in [3.63, 3.8) is 0 Å². The summed E-state index contributed by atoms with van der Waals surface area (Å²) in [5.41, 5.74) is 0.424. The molecule has 1 heterocycles. The molecule has 4 heteroatoms. The van der Waals surface area contributed by atoms with E-state index in [1.54, 1.807) is 6.07 Å². The van der Waals surface area contributed by atoms with Crippen LogP contribution in [0.4, 0.5) is 0 Å². The molecule has 1 aromatic rings. The van der Waals surface area contributed by atoms with Gasteiger partial charge in [0.05, 0.1) is 6.54 Å². The predicted molar refractivity (Wildman–Crippen MR) is 63.9 cm³/mol. The van der Waals surface area contributed by atoms with Gasteiger partial charge in [0.15, 0.2) is 0 Å². The smallest absolute Gasteiger partial charge is 0.371 e. The highest BCUT2D eigenvalue weighted by Gasteiger charge is 2.30. The van der Waals surface area contributed by atoms with Gasteiger partial charge in [-0.2, -0.15) is 0 Å². The van der Waals surface area contributed by atoms with Gasteiger partial charge in [-0.15, -0.1) is 0 Å². The van der Waals surface area contributed by atoms with Gasteiger partial charge in [-0.25, -0.2) is 4.79 Å². The van der Waals surface area contributed by atoms with E-state index >= 15 is 0 Å². The maximum atomic E-state index is 10.6. The first kappa shape index (κ1) is 12.2. The van der Waals surface area contributed by atoms with E-state index in [2.05, 4.69) is 19.2 Å². The van der Waals surface area contributed by atoms with E-state index in [0.717, 1.165) is 0 Å². The van der Waals surface area contributed by atoms with Crippen molar-refractivity contribution in [1.82, 2.24) is 5.32 Å². The van der Waals surface area contributed by atoms with Gasteiger partial charge in [0.2, 0.25) is 5.76 Å². The Balaban J connectivity index is 1.84. The van der Waals surface area contributed by atoms with Crippen molar-refractivity contribution in [3.05, 3.63) is 23.7 Å². The molecular formula is C13H19NO3. The number of nitrogens with one attached hydrogen (secondary N) is 1. The van der Waals surface area contributed by atoms with Crippen LogP contribution in [0.3, 0.4) is 0 Å². The fraction of sp³-hybridized carbons (Fsp3) is 0.615. The minimum Gasteiger partial charge on any atom is -0.475 e. The fourth-order valence-corrected chi connectivity index (χ4v) is 2.44. The van der Waals surface area contributed by atoms with Gasteiger partial charge in [0.1, 0.15) is 5.76 Å². The summed E-state index contributed by atoms with van der Waals surface area (Å²) < 4.78 is 5.19. The molecule has 1 atom stereocenters. The van der Waals surface area contributed by atoms with Gasteiger partial charge in [-0.05, 0) is 36.8 Å². The Labute approximate surface area is 101 Å². The van der Waals surface area contributed by atoms with Gasteiger partial charge in [-0.3, -0.25) is 0 Å². The molecule has 0 radical (unpaired) electrons. The summed E-state index contributed by atoms with van der Waals surface area (Å²) >= 11 is 0. The van der Waals surface area contributed by atoms with Crippen molar-refractivity contribution in [2.45, 2.75) is 45.7 Å². The number of carbonyl (C=O) groups is 1. The second kappa shape index (κ2) is 4.53. The molecule has 0 bridgehead atoms. The monoisotopic (exact) mass is 237 g/mol. The maximum Gasteiger partial charge on any atom is 0.371 e. The predicted octanol–water partition coefficient (Wildman–Crippen LogP) is 2.65. The van der Waals surface area contributed by atoms with Crippen LogP contribution in [0.1, 0.15) is 49.4 Å². The van der Waals surface area contributed by atoms with Crippen LogP contribution >= 0.6 is 0 Å². The lowest BCUT2D eigenvalue weighted by Gasteiger charge is -2.17. The molecule has 1 aliphatic carbocycles. The van der Waals surface area contributed by atoms with Gasteiger partial charge in [0.25, 0.3) is 0 Å². The molecule has 1 aromatic heterocycles. The molecule has 0 aliphatic heterocycles. The summed E-state index contributed by atoms with van der Waals surface area (Å²) in [7, 11) is 0. The Kier molecular flexibility index (Phi) is 3.24. The van der Waals surface area contributed by atoms with E-state index < -0.39 is 5.97 Å². The lowest BCUT2D eigenvalue weighted by atomic mass is 9.92. The topological polar surface area (TPSA) is 62.5 Å². The molecule has 17 heavy (non-hydrogen) atoms. The average Bonchev–Trinajstić information content (AvgIpc) is 2.81. The van der Waals surface area contributed by atoms with Crippen LogP contribution in [-0.4, -0.2) is 17.1 Å². The minimum absolute atomic E-state index is 0.00792. The molecule has 1 aliphatic rings. The van der Waals surface area contributed by atoms with Crippen molar-refractivity contribution in [2.75, 3.05) is 0 Å². The van der Waals surface area contributed by atoms with E-state index in [1.807, 2.05) is 0 Å². The highest BCUT2D eigenvalue weighted by molar-refractivity contribution is 5.84. The molecule has 0 saturated heterocycles. The van der Waals surface area contributed by atoms with Crippen LogP contribution in [0.25, 0.3) is 0 Å². The summed E-state index contributed by atoms with van der Waals surface area (Å²) in [5, 5.41) is 12.2. The third-order valence-corrected chi connectivity index (χ3v) is 3.41. The molecule has 0 spiro atoms. The minimum atomic E-state index is -1.02.